The Morgan fingerprint density at radius 1 is 1.05 bits per heavy atom. The van der Waals surface area contributed by atoms with Crippen LogP contribution in [0.5, 0.6) is 0 Å². The van der Waals surface area contributed by atoms with E-state index in [1.807, 2.05) is 0 Å². The summed E-state index contributed by atoms with van der Waals surface area (Å²) in [5, 5.41) is 0. The quantitative estimate of drug-likeness (QED) is 0.614. The van der Waals surface area contributed by atoms with Crippen molar-refractivity contribution < 1.29 is 21.6 Å². The molecule has 0 aliphatic heterocycles. The fraction of sp³-hybridized carbons (Fsp3) is 0.571. The Bertz CT molecular complexity index is 602. The molecule has 8 heteroatoms. The van der Waals surface area contributed by atoms with Gasteiger partial charge in [0.1, 0.15) is 0 Å². The van der Waals surface area contributed by atoms with Crippen LogP contribution in [0.3, 0.4) is 0 Å². The number of alkyl halides is 4. The lowest BCUT2D eigenvalue weighted by atomic mass is 10.1. The van der Waals surface area contributed by atoms with Gasteiger partial charge in [-0.1, -0.05) is 35.2 Å². The lowest BCUT2D eigenvalue weighted by molar-refractivity contribution is -0.137. The van der Waals surface area contributed by atoms with Crippen molar-refractivity contribution in [1.29, 1.82) is 0 Å². The molecule has 1 aliphatic carbocycles. The Kier molecular flexibility index (Phi) is 5.55. The van der Waals surface area contributed by atoms with Gasteiger partial charge in [-0.05, 0) is 37.1 Å². The van der Waals surface area contributed by atoms with E-state index in [0.29, 0.717) is 0 Å². The van der Waals surface area contributed by atoms with Gasteiger partial charge in [0.25, 0.3) is 0 Å². The monoisotopic (exact) mass is 399 g/mol. The molecule has 1 saturated carbocycles. The van der Waals surface area contributed by atoms with E-state index < -0.39 is 21.8 Å². The van der Waals surface area contributed by atoms with E-state index in [1.54, 1.807) is 0 Å². The first kappa shape index (κ1) is 17.7. The fourth-order valence-corrected chi connectivity index (χ4v) is 4.69. The maximum absolute atomic E-state index is 12.5. The molecule has 0 amide bonds. The molecule has 0 aromatic heterocycles. The molecule has 1 aromatic rings. The highest BCUT2D eigenvalue weighted by atomic mass is 79.9. The zero-order valence-electron chi connectivity index (χ0n) is 11.7. The molecule has 1 fully saturated rings. The van der Waals surface area contributed by atoms with Crippen LogP contribution in [0.4, 0.5) is 13.2 Å². The maximum atomic E-state index is 12.5. The normalized spacial score (nSPS) is 24.0. The molecule has 3 nitrogen and oxygen atoms in total. The molecular formula is C14H17BrF3NO2S. The van der Waals surface area contributed by atoms with Gasteiger partial charge in [-0.3, -0.25) is 0 Å². The van der Waals surface area contributed by atoms with Gasteiger partial charge in [-0.25, -0.2) is 13.1 Å². The number of rotatable bonds is 3. The highest BCUT2D eigenvalue weighted by Gasteiger charge is 2.31. The summed E-state index contributed by atoms with van der Waals surface area (Å²) in [5.74, 6) is 0. The minimum Gasteiger partial charge on any atom is -0.207 e. The van der Waals surface area contributed by atoms with E-state index in [2.05, 4.69) is 20.7 Å². The van der Waals surface area contributed by atoms with Crippen molar-refractivity contribution in [2.45, 2.75) is 54.0 Å². The molecule has 2 rings (SSSR count). The predicted molar refractivity (Wildman–Crippen MR) is 81.4 cm³/mol. The average Bonchev–Trinajstić information content (AvgIpc) is 2.63. The van der Waals surface area contributed by atoms with Gasteiger partial charge in [-0.15, -0.1) is 0 Å². The zero-order chi connectivity index (χ0) is 16.4. The van der Waals surface area contributed by atoms with E-state index in [1.165, 1.54) is 0 Å². The van der Waals surface area contributed by atoms with Crippen LogP contribution in [0.15, 0.2) is 29.2 Å². The lowest BCUT2D eigenvalue weighted by Crippen LogP contribution is -2.40. The number of hydrogen-bond donors (Lipinski definition) is 1. The molecule has 1 N–H and O–H groups in total. The zero-order valence-corrected chi connectivity index (χ0v) is 14.1. The standard InChI is InChI=1S/C14H17BrF3NO2S/c15-12-4-2-1-3-5-13(12)19-22(20,21)11-8-6-10(7-9-11)14(16,17)18/h6-9,12-13,19H,1-5H2/t12-,13-/m0/s1. The summed E-state index contributed by atoms with van der Waals surface area (Å²) in [6, 6.07) is 3.31. The van der Waals surface area contributed by atoms with Gasteiger partial charge in [0, 0.05) is 10.9 Å². The molecule has 2 atom stereocenters. The van der Waals surface area contributed by atoms with Crippen molar-refractivity contribution in [3.8, 4) is 0 Å². The molecule has 1 aliphatic rings. The number of benzene rings is 1. The van der Waals surface area contributed by atoms with Gasteiger partial charge in [0.15, 0.2) is 0 Å². The predicted octanol–water partition coefficient (Wildman–Crippen LogP) is 4.08. The van der Waals surface area contributed by atoms with Crippen molar-refractivity contribution in [2.24, 2.45) is 0 Å². The Morgan fingerprint density at radius 2 is 1.64 bits per heavy atom. The molecule has 1 aromatic carbocycles. The third kappa shape index (κ3) is 4.45. The molecule has 0 bridgehead atoms. The van der Waals surface area contributed by atoms with Crippen molar-refractivity contribution in [1.82, 2.24) is 4.72 Å². The van der Waals surface area contributed by atoms with Crippen LogP contribution in [0.2, 0.25) is 0 Å². The van der Waals surface area contributed by atoms with Crippen molar-refractivity contribution in [3.63, 3.8) is 0 Å². The molecule has 22 heavy (non-hydrogen) atoms. The Balaban J connectivity index is 2.16. The van der Waals surface area contributed by atoms with E-state index in [9.17, 15) is 21.6 Å². The van der Waals surface area contributed by atoms with Crippen LogP contribution < -0.4 is 4.72 Å². The molecule has 0 spiro atoms. The van der Waals surface area contributed by atoms with E-state index >= 15 is 0 Å². The van der Waals surface area contributed by atoms with E-state index in [4.69, 9.17) is 0 Å². The SMILES string of the molecule is O=S(=O)(N[C@H]1CCCCC[C@@H]1Br)c1ccc(C(F)(F)F)cc1. The molecule has 0 radical (unpaired) electrons. The van der Waals surface area contributed by atoms with Gasteiger partial charge < -0.3 is 0 Å². The van der Waals surface area contributed by atoms with Crippen LogP contribution >= 0.6 is 15.9 Å². The maximum Gasteiger partial charge on any atom is 0.416 e. The third-order valence-corrected chi connectivity index (χ3v) is 6.33. The number of sulfonamides is 1. The van der Waals surface area contributed by atoms with Gasteiger partial charge in [-0.2, -0.15) is 13.2 Å². The summed E-state index contributed by atoms with van der Waals surface area (Å²) in [4.78, 5) is -0.108. The van der Waals surface area contributed by atoms with Crippen LogP contribution in [-0.4, -0.2) is 19.3 Å². The second-order valence-corrected chi connectivity index (χ2v) is 8.29. The average molecular weight is 400 g/mol. The minimum atomic E-state index is -4.47. The Morgan fingerprint density at radius 3 is 2.23 bits per heavy atom. The second kappa shape index (κ2) is 6.88. The van der Waals surface area contributed by atoms with Crippen LogP contribution in [0.1, 0.15) is 37.7 Å². The van der Waals surface area contributed by atoms with Gasteiger partial charge in [0.05, 0.1) is 10.5 Å². The van der Waals surface area contributed by atoms with Crippen molar-refractivity contribution in [3.05, 3.63) is 29.8 Å². The van der Waals surface area contributed by atoms with Crippen LogP contribution in [0, 0.1) is 0 Å². The Hall–Kier alpha value is -0.600. The van der Waals surface area contributed by atoms with Crippen LogP contribution in [-0.2, 0) is 16.2 Å². The van der Waals surface area contributed by atoms with Gasteiger partial charge in [0.2, 0.25) is 10.0 Å². The lowest BCUT2D eigenvalue weighted by Gasteiger charge is -2.21. The molecule has 0 unspecified atom stereocenters. The van der Waals surface area contributed by atoms with Crippen molar-refractivity contribution in [2.75, 3.05) is 0 Å². The molecule has 124 valence electrons. The molecular weight excluding hydrogens is 383 g/mol. The summed E-state index contributed by atoms with van der Waals surface area (Å²) >= 11 is 3.49. The highest BCUT2D eigenvalue weighted by Crippen LogP contribution is 2.30. The molecule has 0 heterocycles. The van der Waals surface area contributed by atoms with Crippen LogP contribution in [0.25, 0.3) is 0 Å². The van der Waals surface area contributed by atoms with E-state index in [0.717, 1.165) is 56.4 Å². The largest absolute Gasteiger partial charge is 0.416 e. The summed E-state index contributed by atoms with van der Waals surface area (Å²) in [5.41, 5.74) is -0.862. The summed E-state index contributed by atoms with van der Waals surface area (Å²) in [6.45, 7) is 0. The number of nitrogens with one attached hydrogen (secondary N) is 1. The second-order valence-electron chi connectivity index (χ2n) is 5.40. The van der Waals surface area contributed by atoms with Gasteiger partial charge >= 0.3 is 6.18 Å². The summed E-state index contributed by atoms with van der Waals surface area (Å²) in [6.07, 6.45) is 0.144. The minimum absolute atomic E-state index is 0.0409. The smallest absolute Gasteiger partial charge is 0.207 e. The van der Waals surface area contributed by atoms with Crippen molar-refractivity contribution >= 4 is 26.0 Å². The number of halogens is 4. The topological polar surface area (TPSA) is 46.2 Å². The highest BCUT2D eigenvalue weighted by molar-refractivity contribution is 9.09. The first-order chi connectivity index (χ1) is 10.2. The fourth-order valence-electron chi connectivity index (χ4n) is 2.49. The van der Waals surface area contributed by atoms with E-state index in [-0.39, 0.29) is 15.8 Å². The first-order valence-corrected chi connectivity index (χ1v) is 9.44. The summed E-state index contributed by atoms with van der Waals surface area (Å²) in [7, 11) is -3.82. The first-order valence-electron chi connectivity index (χ1n) is 7.04. The molecule has 0 saturated heterocycles. The Labute approximate surface area is 136 Å². The summed E-state index contributed by atoms with van der Waals surface area (Å²) < 4.78 is 64.8. The number of hydrogen-bond acceptors (Lipinski definition) is 2. The third-order valence-electron chi connectivity index (χ3n) is 3.73.